The summed E-state index contributed by atoms with van der Waals surface area (Å²) in [5.41, 5.74) is 2.81. The Bertz CT molecular complexity index is 643. The van der Waals surface area contributed by atoms with Crippen molar-refractivity contribution in [3.8, 4) is 0 Å². The van der Waals surface area contributed by atoms with Gasteiger partial charge in [-0.25, -0.2) is 0 Å². The van der Waals surface area contributed by atoms with Gasteiger partial charge in [0.1, 0.15) is 0 Å². The Morgan fingerprint density at radius 3 is 2.62 bits per heavy atom. The largest absolute Gasteiger partial charge is 0.392 e. The van der Waals surface area contributed by atoms with Crippen LogP contribution in [0.1, 0.15) is 66.2 Å². The Morgan fingerprint density at radius 1 is 1.19 bits per heavy atom. The molecule has 0 spiro atoms. The molecule has 0 aromatic heterocycles. The molecule has 3 fully saturated rings. The summed E-state index contributed by atoms with van der Waals surface area (Å²) in [4.78, 5) is 11.8. The molecule has 6 unspecified atom stereocenters. The number of carbonyl (C=O) groups excluding carboxylic acids is 1. The average Bonchev–Trinajstić information content (AvgIpc) is 3.00. The molecule has 6 atom stereocenters. The number of fused-ring (bicyclic) bond motifs is 5. The highest BCUT2D eigenvalue weighted by Crippen LogP contribution is 2.66. The third-order valence-electron chi connectivity index (χ3n) is 8.25. The van der Waals surface area contributed by atoms with Gasteiger partial charge in [0.25, 0.3) is 0 Å². The van der Waals surface area contributed by atoms with Gasteiger partial charge in [0.2, 0.25) is 0 Å². The molecular formula is C24H36O2. The van der Waals surface area contributed by atoms with E-state index in [0.717, 1.165) is 23.8 Å². The van der Waals surface area contributed by atoms with Crippen LogP contribution in [0, 0.1) is 34.5 Å². The lowest BCUT2D eigenvalue weighted by atomic mass is 9.47. The van der Waals surface area contributed by atoms with Crippen LogP contribution in [-0.2, 0) is 4.79 Å². The standard InChI is InChI=1S/C22H30O2.C2H6/c1-14(13-23)18-6-7-19-17-5-4-15-12-16(24)8-10-21(15,2)20(17)9-11-22(18,19)3;1-2/h8,10,12,17-20,23H,1,4-7,9,11,13H2,2-3H3;1-2H3. The van der Waals surface area contributed by atoms with E-state index in [1.807, 2.05) is 19.9 Å². The average molecular weight is 357 g/mol. The summed E-state index contributed by atoms with van der Waals surface area (Å²) in [5.74, 6) is 2.82. The minimum atomic E-state index is 0.0875. The maximum absolute atomic E-state index is 11.8. The van der Waals surface area contributed by atoms with Gasteiger partial charge in [-0.05, 0) is 85.3 Å². The smallest absolute Gasteiger partial charge is 0.178 e. The molecule has 144 valence electrons. The van der Waals surface area contributed by atoms with Crippen molar-refractivity contribution in [1.29, 1.82) is 0 Å². The third kappa shape index (κ3) is 2.76. The molecule has 0 aromatic rings. The van der Waals surface area contributed by atoms with Crippen molar-refractivity contribution in [3.63, 3.8) is 0 Å². The number of ketones is 1. The Kier molecular flexibility index (Phi) is 5.36. The molecule has 0 aromatic carbocycles. The lowest BCUT2D eigenvalue weighted by molar-refractivity contribution is -0.111. The van der Waals surface area contributed by atoms with Crippen LogP contribution in [0.5, 0.6) is 0 Å². The predicted molar refractivity (Wildman–Crippen MR) is 108 cm³/mol. The normalized spacial score (nSPS) is 43.4. The second-order valence-electron chi connectivity index (χ2n) is 9.09. The quantitative estimate of drug-likeness (QED) is 0.665. The first-order valence-electron chi connectivity index (χ1n) is 10.6. The fourth-order valence-corrected chi connectivity index (χ4v) is 6.98. The molecule has 2 heteroatoms. The van der Waals surface area contributed by atoms with Crippen molar-refractivity contribution >= 4 is 5.78 Å². The topological polar surface area (TPSA) is 37.3 Å². The maximum Gasteiger partial charge on any atom is 0.178 e. The number of hydrogen-bond acceptors (Lipinski definition) is 2. The zero-order valence-electron chi connectivity index (χ0n) is 17.1. The van der Waals surface area contributed by atoms with Crippen LogP contribution in [-0.4, -0.2) is 17.5 Å². The Balaban J connectivity index is 0.000000948. The highest BCUT2D eigenvalue weighted by Gasteiger charge is 2.58. The fourth-order valence-electron chi connectivity index (χ4n) is 6.98. The van der Waals surface area contributed by atoms with E-state index in [0.29, 0.717) is 17.3 Å². The van der Waals surface area contributed by atoms with Crippen LogP contribution in [0.2, 0.25) is 0 Å². The summed E-state index contributed by atoms with van der Waals surface area (Å²) in [6, 6.07) is 0. The van der Waals surface area contributed by atoms with Crippen LogP contribution < -0.4 is 0 Å². The van der Waals surface area contributed by atoms with Crippen molar-refractivity contribution < 1.29 is 9.90 Å². The number of aliphatic hydroxyl groups excluding tert-OH is 1. The van der Waals surface area contributed by atoms with Gasteiger partial charge in [-0.2, -0.15) is 0 Å². The number of rotatable bonds is 2. The van der Waals surface area contributed by atoms with Crippen LogP contribution in [0.25, 0.3) is 0 Å². The van der Waals surface area contributed by atoms with Gasteiger partial charge in [0.05, 0.1) is 6.61 Å². The molecule has 0 aliphatic heterocycles. The van der Waals surface area contributed by atoms with Gasteiger partial charge in [-0.3, -0.25) is 4.79 Å². The van der Waals surface area contributed by atoms with Crippen molar-refractivity contribution in [2.24, 2.45) is 34.5 Å². The molecule has 0 bridgehead atoms. The Hall–Kier alpha value is -1.15. The second kappa shape index (κ2) is 7.11. The fraction of sp³-hybridized carbons (Fsp3) is 0.708. The first-order valence-corrected chi connectivity index (χ1v) is 10.6. The van der Waals surface area contributed by atoms with Crippen LogP contribution >= 0.6 is 0 Å². The minimum absolute atomic E-state index is 0.0875. The molecule has 26 heavy (non-hydrogen) atoms. The van der Waals surface area contributed by atoms with Gasteiger partial charge in [-0.1, -0.05) is 45.9 Å². The molecular weight excluding hydrogens is 320 g/mol. The third-order valence-corrected chi connectivity index (χ3v) is 8.25. The van der Waals surface area contributed by atoms with E-state index in [1.165, 1.54) is 37.7 Å². The number of hydrogen-bond donors (Lipinski definition) is 1. The van der Waals surface area contributed by atoms with Crippen molar-refractivity contribution in [1.82, 2.24) is 0 Å². The first-order chi connectivity index (χ1) is 12.4. The van der Waals surface area contributed by atoms with E-state index in [2.05, 4.69) is 26.5 Å². The first kappa shape index (κ1) is 19.6. The van der Waals surface area contributed by atoms with Gasteiger partial charge in [0.15, 0.2) is 5.78 Å². The summed E-state index contributed by atoms with van der Waals surface area (Å²) in [6.07, 6.45) is 13.2. The summed E-state index contributed by atoms with van der Waals surface area (Å²) in [5, 5.41) is 9.60. The second-order valence-corrected chi connectivity index (χ2v) is 9.09. The summed E-state index contributed by atoms with van der Waals surface area (Å²) in [6.45, 7) is 13.1. The minimum Gasteiger partial charge on any atom is -0.392 e. The number of aliphatic hydroxyl groups is 1. The van der Waals surface area contributed by atoms with Crippen molar-refractivity contribution in [2.45, 2.75) is 66.2 Å². The molecule has 0 saturated heterocycles. The zero-order chi connectivity index (χ0) is 19.1. The van der Waals surface area contributed by atoms with E-state index >= 15 is 0 Å². The molecule has 2 nitrogen and oxygen atoms in total. The lowest BCUT2D eigenvalue weighted by Gasteiger charge is -2.57. The van der Waals surface area contributed by atoms with E-state index in [-0.39, 0.29) is 17.8 Å². The molecule has 1 N–H and O–H groups in total. The Morgan fingerprint density at radius 2 is 1.92 bits per heavy atom. The highest BCUT2D eigenvalue weighted by atomic mass is 16.3. The van der Waals surface area contributed by atoms with Gasteiger partial charge in [0, 0.05) is 5.41 Å². The molecule has 0 radical (unpaired) electrons. The van der Waals surface area contributed by atoms with Crippen molar-refractivity contribution in [2.75, 3.05) is 6.61 Å². The maximum atomic E-state index is 11.8. The molecule has 3 saturated carbocycles. The van der Waals surface area contributed by atoms with Crippen LogP contribution in [0.4, 0.5) is 0 Å². The van der Waals surface area contributed by atoms with Crippen molar-refractivity contribution in [3.05, 3.63) is 36.0 Å². The van der Waals surface area contributed by atoms with E-state index in [4.69, 9.17) is 0 Å². The molecule has 0 heterocycles. The monoisotopic (exact) mass is 356 g/mol. The van der Waals surface area contributed by atoms with Gasteiger partial charge < -0.3 is 5.11 Å². The molecule has 0 amide bonds. The molecule has 4 aliphatic rings. The molecule has 4 rings (SSSR count). The predicted octanol–water partition coefficient (Wildman–Crippen LogP) is 5.49. The summed E-state index contributed by atoms with van der Waals surface area (Å²) in [7, 11) is 0. The van der Waals surface area contributed by atoms with Gasteiger partial charge in [-0.15, -0.1) is 0 Å². The zero-order valence-corrected chi connectivity index (χ0v) is 17.1. The van der Waals surface area contributed by atoms with Crippen LogP contribution in [0.3, 0.4) is 0 Å². The molecule has 4 aliphatic carbocycles. The summed E-state index contributed by atoms with van der Waals surface area (Å²) < 4.78 is 0. The van der Waals surface area contributed by atoms with E-state index in [9.17, 15) is 9.90 Å². The lowest BCUT2D eigenvalue weighted by Crippen LogP contribution is -2.49. The number of allylic oxidation sites excluding steroid dienone is 4. The van der Waals surface area contributed by atoms with E-state index < -0.39 is 0 Å². The van der Waals surface area contributed by atoms with Crippen LogP contribution in [0.15, 0.2) is 36.0 Å². The highest BCUT2D eigenvalue weighted by molar-refractivity contribution is 6.01. The Labute approximate surface area is 159 Å². The summed E-state index contributed by atoms with van der Waals surface area (Å²) >= 11 is 0. The SMILES string of the molecule is C=C(CO)C1CCC2C3CCC4=CC(=O)C=CC4(C)C3CCC12C.CC. The van der Waals surface area contributed by atoms with E-state index in [1.54, 1.807) is 6.08 Å². The number of carbonyl (C=O) groups is 1. The van der Waals surface area contributed by atoms with Gasteiger partial charge >= 0.3 is 0 Å².